The van der Waals surface area contributed by atoms with E-state index in [1.54, 1.807) is 23.7 Å². The molecule has 0 aliphatic carbocycles. The molecule has 0 atom stereocenters. The lowest BCUT2D eigenvalue weighted by Gasteiger charge is -2.16. The molecule has 0 aliphatic heterocycles. The van der Waals surface area contributed by atoms with Crippen LogP contribution < -0.4 is 0 Å². The van der Waals surface area contributed by atoms with Crippen molar-refractivity contribution < 1.29 is 4.79 Å². The van der Waals surface area contributed by atoms with E-state index in [1.807, 2.05) is 31.2 Å². The van der Waals surface area contributed by atoms with Crippen LogP contribution in [0, 0.1) is 6.92 Å². The molecule has 0 saturated heterocycles. The molecule has 1 aromatic heterocycles. The van der Waals surface area contributed by atoms with Crippen LogP contribution >= 0.6 is 0 Å². The van der Waals surface area contributed by atoms with Gasteiger partial charge in [-0.15, -0.1) is 5.10 Å². The number of aryl methyl sites for hydroxylation is 2. The molecule has 18 heavy (non-hydrogen) atoms. The Balaban J connectivity index is 2.09. The number of carbonyl (C=O) groups is 1. The van der Waals surface area contributed by atoms with Gasteiger partial charge < -0.3 is 4.90 Å². The first-order valence-electron chi connectivity index (χ1n) is 5.61. The Hall–Kier alpha value is -2.24. The second-order valence-electron chi connectivity index (χ2n) is 4.25. The number of hydrogen-bond acceptors (Lipinski definition) is 4. The molecule has 94 valence electrons. The fraction of sp³-hybridized carbons (Fsp3) is 0.333. The van der Waals surface area contributed by atoms with Crippen molar-refractivity contribution in [3.8, 4) is 0 Å². The number of hydrogen-bond donors (Lipinski definition) is 0. The molecule has 0 unspecified atom stereocenters. The van der Waals surface area contributed by atoms with Crippen molar-refractivity contribution in [2.24, 2.45) is 7.05 Å². The zero-order chi connectivity index (χ0) is 13.1. The van der Waals surface area contributed by atoms with Gasteiger partial charge >= 0.3 is 0 Å². The third kappa shape index (κ3) is 2.53. The van der Waals surface area contributed by atoms with Crippen LogP contribution in [0.3, 0.4) is 0 Å². The van der Waals surface area contributed by atoms with E-state index in [0.717, 1.165) is 5.56 Å². The molecule has 1 heterocycles. The van der Waals surface area contributed by atoms with Crippen molar-refractivity contribution in [1.29, 1.82) is 0 Å². The second kappa shape index (κ2) is 4.95. The largest absolute Gasteiger partial charge is 0.334 e. The fourth-order valence-corrected chi connectivity index (χ4v) is 1.58. The van der Waals surface area contributed by atoms with Gasteiger partial charge in [0.05, 0.1) is 6.54 Å². The highest BCUT2D eigenvalue weighted by molar-refractivity contribution is 5.94. The molecule has 0 N–H and O–H groups in total. The Labute approximate surface area is 105 Å². The maximum absolute atomic E-state index is 12.1. The maximum atomic E-state index is 12.1. The summed E-state index contributed by atoms with van der Waals surface area (Å²) >= 11 is 0. The summed E-state index contributed by atoms with van der Waals surface area (Å²) in [6.07, 6.45) is 0. The van der Waals surface area contributed by atoms with Crippen molar-refractivity contribution in [2.75, 3.05) is 7.05 Å². The highest BCUT2D eigenvalue weighted by atomic mass is 16.2. The van der Waals surface area contributed by atoms with Crippen molar-refractivity contribution >= 4 is 5.91 Å². The first-order valence-corrected chi connectivity index (χ1v) is 5.61. The van der Waals surface area contributed by atoms with Crippen LogP contribution in [0.15, 0.2) is 24.3 Å². The summed E-state index contributed by atoms with van der Waals surface area (Å²) in [4.78, 5) is 13.7. The van der Waals surface area contributed by atoms with Gasteiger partial charge in [0.15, 0.2) is 5.82 Å². The Morgan fingerprint density at radius 1 is 1.33 bits per heavy atom. The Kier molecular flexibility index (Phi) is 3.36. The van der Waals surface area contributed by atoms with Gasteiger partial charge in [0, 0.05) is 19.7 Å². The Morgan fingerprint density at radius 2 is 2.00 bits per heavy atom. The fourth-order valence-electron chi connectivity index (χ4n) is 1.58. The molecular weight excluding hydrogens is 230 g/mol. The van der Waals surface area contributed by atoms with E-state index in [9.17, 15) is 4.79 Å². The quantitative estimate of drug-likeness (QED) is 0.802. The lowest BCUT2D eigenvalue weighted by molar-refractivity contribution is 0.0780. The van der Waals surface area contributed by atoms with E-state index < -0.39 is 0 Å². The Bertz CT molecular complexity index is 546. The third-order valence-corrected chi connectivity index (χ3v) is 2.73. The summed E-state index contributed by atoms with van der Waals surface area (Å²) in [6, 6.07) is 7.49. The van der Waals surface area contributed by atoms with Crippen molar-refractivity contribution in [3.05, 3.63) is 41.2 Å². The van der Waals surface area contributed by atoms with Gasteiger partial charge in [-0.25, -0.2) is 4.68 Å². The van der Waals surface area contributed by atoms with Crippen LogP contribution in [0.2, 0.25) is 0 Å². The van der Waals surface area contributed by atoms with E-state index >= 15 is 0 Å². The predicted octanol–water partition coefficient (Wildman–Crippen LogP) is 0.791. The minimum absolute atomic E-state index is 0.0435. The van der Waals surface area contributed by atoms with E-state index in [-0.39, 0.29) is 5.91 Å². The Morgan fingerprint density at radius 3 is 2.56 bits per heavy atom. The summed E-state index contributed by atoms with van der Waals surface area (Å²) in [5, 5.41) is 11.1. The van der Waals surface area contributed by atoms with Gasteiger partial charge in [0.2, 0.25) is 0 Å². The molecule has 0 bridgehead atoms. The predicted molar refractivity (Wildman–Crippen MR) is 65.8 cm³/mol. The van der Waals surface area contributed by atoms with E-state index in [4.69, 9.17) is 0 Å². The highest BCUT2D eigenvalue weighted by Crippen LogP contribution is 2.07. The van der Waals surface area contributed by atoms with Gasteiger partial charge in [-0.05, 0) is 29.5 Å². The first-order chi connectivity index (χ1) is 8.58. The number of amides is 1. The zero-order valence-electron chi connectivity index (χ0n) is 10.7. The van der Waals surface area contributed by atoms with Gasteiger partial charge in [0.25, 0.3) is 5.91 Å². The summed E-state index contributed by atoms with van der Waals surface area (Å²) in [5.74, 6) is 0.607. The molecule has 0 saturated carbocycles. The summed E-state index contributed by atoms with van der Waals surface area (Å²) in [5.41, 5.74) is 1.80. The van der Waals surface area contributed by atoms with Gasteiger partial charge in [-0.3, -0.25) is 4.79 Å². The van der Waals surface area contributed by atoms with Crippen LogP contribution in [0.25, 0.3) is 0 Å². The average Bonchev–Trinajstić information content (AvgIpc) is 2.75. The van der Waals surface area contributed by atoms with Crippen LogP contribution in [0.4, 0.5) is 0 Å². The number of nitrogens with zero attached hydrogens (tertiary/aromatic N) is 5. The monoisotopic (exact) mass is 245 g/mol. The normalized spacial score (nSPS) is 10.4. The van der Waals surface area contributed by atoms with Crippen LogP contribution in [-0.2, 0) is 13.6 Å². The van der Waals surface area contributed by atoms with Crippen molar-refractivity contribution in [1.82, 2.24) is 25.1 Å². The molecule has 1 amide bonds. The molecule has 1 aromatic carbocycles. The topological polar surface area (TPSA) is 63.9 Å². The van der Waals surface area contributed by atoms with E-state index in [0.29, 0.717) is 17.9 Å². The zero-order valence-corrected chi connectivity index (χ0v) is 10.7. The molecule has 2 aromatic rings. The number of benzene rings is 1. The number of rotatable bonds is 3. The molecule has 6 nitrogen and oxygen atoms in total. The number of aromatic nitrogens is 4. The smallest absolute Gasteiger partial charge is 0.254 e. The summed E-state index contributed by atoms with van der Waals surface area (Å²) < 4.78 is 1.55. The number of carbonyl (C=O) groups excluding carboxylic acids is 1. The number of tetrazole rings is 1. The SMILES string of the molecule is Cc1ccc(C(=O)N(C)Cc2nnnn2C)cc1. The van der Waals surface area contributed by atoms with Gasteiger partial charge in [-0.1, -0.05) is 17.7 Å². The van der Waals surface area contributed by atoms with E-state index in [2.05, 4.69) is 15.5 Å². The highest BCUT2D eigenvalue weighted by Gasteiger charge is 2.14. The van der Waals surface area contributed by atoms with Crippen molar-refractivity contribution in [2.45, 2.75) is 13.5 Å². The molecule has 0 radical (unpaired) electrons. The van der Waals surface area contributed by atoms with E-state index in [1.165, 1.54) is 0 Å². The molecule has 0 spiro atoms. The van der Waals surface area contributed by atoms with Gasteiger partial charge in [0.1, 0.15) is 0 Å². The molecule has 6 heteroatoms. The van der Waals surface area contributed by atoms with Crippen molar-refractivity contribution in [3.63, 3.8) is 0 Å². The van der Waals surface area contributed by atoms with Crippen LogP contribution in [-0.4, -0.2) is 38.1 Å². The third-order valence-electron chi connectivity index (χ3n) is 2.73. The molecular formula is C12H15N5O. The standard InChI is InChI=1S/C12H15N5O/c1-9-4-6-10(7-5-9)12(18)16(2)8-11-13-14-15-17(11)3/h4-7H,8H2,1-3H3. The first kappa shape index (κ1) is 12.2. The second-order valence-corrected chi connectivity index (χ2v) is 4.25. The molecule has 0 aliphatic rings. The lowest BCUT2D eigenvalue weighted by Crippen LogP contribution is -2.27. The molecule has 2 rings (SSSR count). The minimum Gasteiger partial charge on any atom is -0.334 e. The summed E-state index contributed by atoms with van der Waals surface area (Å²) in [6.45, 7) is 2.37. The van der Waals surface area contributed by atoms with Gasteiger partial charge in [-0.2, -0.15) is 0 Å². The summed E-state index contributed by atoms with van der Waals surface area (Å²) in [7, 11) is 3.48. The lowest BCUT2D eigenvalue weighted by atomic mass is 10.1. The maximum Gasteiger partial charge on any atom is 0.254 e. The van der Waals surface area contributed by atoms with Crippen LogP contribution in [0.5, 0.6) is 0 Å². The van der Waals surface area contributed by atoms with Crippen LogP contribution in [0.1, 0.15) is 21.7 Å². The minimum atomic E-state index is -0.0435. The average molecular weight is 245 g/mol. The molecule has 0 fully saturated rings.